The SMILES string of the molecule is Cn1cnc2c1CN(S(=O)(=O)Cc1ccc(F)cc1)CC2. The van der Waals surface area contributed by atoms with E-state index in [1.54, 1.807) is 6.33 Å². The largest absolute Gasteiger partial charge is 0.336 e. The molecule has 0 unspecified atom stereocenters. The molecule has 112 valence electrons. The first-order chi connectivity index (χ1) is 9.95. The number of aromatic nitrogens is 2. The van der Waals surface area contributed by atoms with Crippen molar-refractivity contribution in [2.75, 3.05) is 6.54 Å². The third kappa shape index (κ3) is 2.84. The number of halogens is 1. The summed E-state index contributed by atoms with van der Waals surface area (Å²) in [5.74, 6) is -0.478. The summed E-state index contributed by atoms with van der Waals surface area (Å²) < 4.78 is 41.2. The van der Waals surface area contributed by atoms with Gasteiger partial charge in [-0.25, -0.2) is 17.8 Å². The van der Waals surface area contributed by atoms with Crippen LogP contribution in [0.15, 0.2) is 30.6 Å². The van der Waals surface area contributed by atoms with E-state index >= 15 is 0 Å². The fraction of sp³-hybridized carbons (Fsp3) is 0.357. The van der Waals surface area contributed by atoms with Gasteiger partial charge in [0.05, 0.1) is 30.0 Å². The number of imidazole rings is 1. The molecule has 0 amide bonds. The van der Waals surface area contributed by atoms with Gasteiger partial charge >= 0.3 is 0 Å². The van der Waals surface area contributed by atoms with Crippen molar-refractivity contribution in [3.63, 3.8) is 0 Å². The van der Waals surface area contributed by atoms with Crippen LogP contribution >= 0.6 is 0 Å². The Bertz CT molecular complexity index is 753. The number of hydrogen-bond donors (Lipinski definition) is 0. The highest BCUT2D eigenvalue weighted by molar-refractivity contribution is 7.88. The summed E-state index contributed by atoms with van der Waals surface area (Å²) in [4.78, 5) is 4.27. The molecule has 0 spiro atoms. The molecule has 21 heavy (non-hydrogen) atoms. The lowest BCUT2D eigenvalue weighted by molar-refractivity contribution is 0.379. The first-order valence-corrected chi connectivity index (χ1v) is 8.28. The molecule has 0 radical (unpaired) electrons. The van der Waals surface area contributed by atoms with E-state index in [0.29, 0.717) is 25.1 Å². The van der Waals surface area contributed by atoms with Gasteiger partial charge in [0.15, 0.2) is 0 Å². The van der Waals surface area contributed by atoms with E-state index in [9.17, 15) is 12.8 Å². The normalized spacial score (nSPS) is 15.9. The quantitative estimate of drug-likeness (QED) is 0.862. The zero-order valence-corrected chi connectivity index (χ0v) is 12.5. The van der Waals surface area contributed by atoms with E-state index in [0.717, 1.165) is 11.4 Å². The Hall–Kier alpha value is -1.73. The molecule has 2 heterocycles. The molecule has 1 aromatic carbocycles. The van der Waals surface area contributed by atoms with Crippen LogP contribution in [0.4, 0.5) is 4.39 Å². The highest BCUT2D eigenvalue weighted by Gasteiger charge is 2.28. The standard InChI is InChI=1S/C14H16FN3O2S/c1-17-10-16-13-6-7-18(8-14(13)17)21(19,20)9-11-2-4-12(15)5-3-11/h2-5,10H,6-9H2,1H3. The van der Waals surface area contributed by atoms with Gasteiger partial charge in [-0.1, -0.05) is 12.1 Å². The van der Waals surface area contributed by atoms with Crippen LogP contribution in [-0.4, -0.2) is 28.8 Å². The van der Waals surface area contributed by atoms with Gasteiger partial charge in [0.2, 0.25) is 10.0 Å². The summed E-state index contributed by atoms with van der Waals surface area (Å²) in [6.07, 6.45) is 2.33. The number of rotatable bonds is 3. The summed E-state index contributed by atoms with van der Waals surface area (Å²) in [5, 5.41) is 0. The maximum absolute atomic E-state index is 12.9. The van der Waals surface area contributed by atoms with Crippen molar-refractivity contribution in [1.29, 1.82) is 0 Å². The second-order valence-corrected chi connectivity index (χ2v) is 7.18. The van der Waals surface area contributed by atoms with Crippen LogP contribution in [0.25, 0.3) is 0 Å². The predicted octanol–water partition coefficient (Wildman–Crippen LogP) is 1.45. The van der Waals surface area contributed by atoms with E-state index in [-0.39, 0.29) is 11.6 Å². The van der Waals surface area contributed by atoms with Crippen molar-refractivity contribution in [3.05, 3.63) is 53.4 Å². The molecule has 0 saturated heterocycles. The number of sulfonamides is 1. The molecule has 5 nitrogen and oxygen atoms in total. The highest BCUT2D eigenvalue weighted by Crippen LogP contribution is 2.21. The maximum atomic E-state index is 12.9. The molecule has 1 aromatic heterocycles. The third-order valence-electron chi connectivity index (χ3n) is 3.73. The number of nitrogens with zero attached hydrogens (tertiary/aromatic N) is 3. The summed E-state index contributed by atoms with van der Waals surface area (Å²) in [6.45, 7) is 0.781. The molecule has 0 aliphatic carbocycles. The average Bonchev–Trinajstić information content (AvgIpc) is 2.82. The molecule has 0 fully saturated rings. The zero-order valence-electron chi connectivity index (χ0n) is 11.7. The summed E-state index contributed by atoms with van der Waals surface area (Å²) in [6, 6.07) is 5.57. The van der Waals surface area contributed by atoms with Crippen molar-refractivity contribution in [2.24, 2.45) is 7.05 Å². The lowest BCUT2D eigenvalue weighted by atomic mass is 10.2. The van der Waals surface area contributed by atoms with Crippen molar-refractivity contribution in [2.45, 2.75) is 18.7 Å². The molecular formula is C14H16FN3O2S. The van der Waals surface area contributed by atoms with Crippen LogP contribution in [0, 0.1) is 5.82 Å². The minimum absolute atomic E-state index is 0.111. The first-order valence-electron chi connectivity index (χ1n) is 6.67. The van der Waals surface area contributed by atoms with Gasteiger partial charge in [0, 0.05) is 20.0 Å². The minimum atomic E-state index is -3.42. The molecular weight excluding hydrogens is 293 g/mol. The van der Waals surface area contributed by atoms with Gasteiger partial charge in [-0.2, -0.15) is 4.31 Å². The fourth-order valence-corrected chi connectivity index (χ4v) is 4.00. The number of hydrogen-bond acceptors (Lipinski definition) is 3. The van der Waals surface area contributed by atoms with E-state index in [1.807, 2.05) is 11.6 Å². The number of fused-ring (bicyclic) bond motifs is 1. The van der Waals surface area contributed by atoms with Gasteiger partial charge in [-0.05, 0) is 17.7 Å². The molecule has 7 heteroatoms. The Labute approximate surface area is 123 Å². The molecule has 1 aliphatic rings. The second kappa shape index (κ2) is 5.23. The van der Waals surface area contributed by atoms with Crippen molar-refractivity contribution < 1.29 is 12.8 Å². The Morgan fingerprint density at radius 3 is 2.71 bits per heavy atom. The summed E-state index contributed by atoms with van der Waals surface area (Å²) in [5.41, 5.74) is 2.49. The van der Waals surface area contributed by atoms with Crippen LogP contribution in [0.5, 0.6) is 0 Å². The van der Waals surface area contributed by atoms with Crippen LogP contribution in [0.2, 0.25) is 0 Å². The van der Waals surface area contributed by atoms with Crippen LogP contribution in [0.1, 0.15) is 17.0 Å². The van der Waals surface area contributed by atoms with Crippen molar-refractivity contribution in [1.82, 2.24) is 13.9 Å². The van der Waals surface area contributed by atoms with Gasteiger partial charge in [-0.15, -0.1) is 0 Å². The topological polar surface area (TPSA) is 55.2 Å². The van der Waals surface area contributed by atoms with Gasteiger partial charge in [-0.3, -0.25) is 0 Å². The minimum Gasteiger partial charge on any atom is -0.336 e. The Morgan fingerprint density at radius 1 is 1.29 bits per heavy atom. The Kier molecular flexibility index (Phi) is 3.54. The molecule has 0 atom stereocenters. The van der Waals surface area contributed by atoms with Crippen LogP contribution in [0.3, 0.4) is 0 Å². The Balaban J connectivity index is 1.80. The van der Waals surface area contributed by atoms with E-state index in [4.69, 9.17) is 0 Å². The molecule has 3 rings (SSSR count). The first kappa shape index (κ1) is 14.2. The lowest BCUT2D eigenvalue weighted by Crippen LogP contribution is -2.37. The summed E-state index contributed by atoms with van der Waals surface area (Å²) in [7, 11) is -1.55. The van der Waals surface area contributed by atoms with Crippen LogP contribution < -0.4 is 0 Å². The highest BCUT2D eigenvalue weighted by atomic mass is 32.2. The van der Waals surface area contributed by atoms with Gasteiger partial charge in [0.25, 0.3) is 0 Å². The molecule has 2 aromatic rings. The predicted molar refractivity (Wildman–Crippen MR) is 76.3 cm³/mol. The van der Waals surface area contributed by atoms with Crippen molar-refractivity contribution in [3.8, 4) is 0 Å². The van der Waals surface area contributed by atoms with Crippen LogP contribution in [-0.2, 0) is 35.8 Å². The zero-order chi connectivity index (χ0) is 15.0. The maximum Gasteiger partial charge on any atom is 0.218 e. The smallest absolute Gasteiger partial charge is 0.218 e. The van der Waals surface area contributed by atoms with E-state index in [2.05, 4.69) is 4.98 Å². The van der Waals surface area contributed by atoms with Gasteiger partial charge < -0.3 is 4.57 Å². The van der Waals surface area contributed by atoms with Crippen molar-refractivity contribution >= 4 is 10.0 Å². The molecule has 0 N–H and O–H groups in total. The fourth-order valence-electron chi connectivity index (χ4n) is 2.51. The summed E-state index contributed by atoms with van der Waals surface area (Å²) >= 11 is 0. The Morgan fingerprint density at radius 2 is 2.00 bits per heavy atom. The second-order valence-electron chi connectivity index (χ2n) is 5.22. The van der Waals surface area contributed by atoms with Gasteiger partial charge in [0.1, 0.15) is 5.82 Å². The number of benzene rings is 1. The van der Waals surface area contributed by atoms with E-state index in [1.165, 1.54) is 28.6 Å². The number of aryl methyl sites for hydroxylation is 1. The molecule has 1 aliphatic heterocycles. The monoisotopic (exact) mass is 309 g/mol. The lowest BCUT2D eigenvalue weighted by Gasteiger charge is -2.26. The van der Waals surface area contributed by atoms with E-state index < -0.39 is 10.0 Å². The molecule has 0 saturated carbocycles. The third-order valence-corrected chi connectivity index (χ3v) is 5.52. The molecule has 0 bridgehead atoms. The average molecular weight is 309 g/mol.